The average molecular weight is 494 g/mol. The second-order valence-electron chi connectivity index (χ2n) is 8.32. The number of benzene rings is 2. The van der Waals surface area contributed by atoms with E-state index in [1.54, 1.807) is 24.3 Å². The molecule has 0 atom stereocenters. The molecule has 2 saturated heterocycles. The zero-order chi connectivity index (χ0) is 23.6. The van der Waals surface area contributed by atoms with Crippen molar-refractivity contribution in [3.63, 3.8) is 0 Å². The van der Waals surface area contributed by atoms with Crippen molar-refractivity contribution in [1.82, 2.24) is 9.21 Å². The van der Waals surface area contributed by atoms with Crippen LogP contribution in [0.1, 0.15) is 36.0 Å². The highest BCUT2D eigenvalue weighted by Gasteiger charge is 2.32. The van der Waals surface area contributed by atoms with E-state index in [2.05, 4.69) is 5.32 Å². The number of piperidine rings is 1. The Morgan fingerprint density at radius 1 is 1.00 bits per heavy atom. The minimum Gasteiger partial charge on any atom is -0.339 e. The summed E-state index contributed by atoms with van der Waals surface area (Å²) in [7, 11) is -3.82. The van der Waals surface area contributed by atoms with E-state index in [0.29, 0.717) is 24.1 Å². The van der Waals surface area contributed by atoms with E-state index in [1.165, 1.54) is 10.4 Å². The fourth-order valence-electron chi connectivity index (χ4n) is 4.22. The lowest BCUT2D eigenvalue weighted by molar-refractivity contribution is -0.120. The van der Waals surface area contributed by atoms with Gasteiger partial charge in [0, 0.05) is 43.3 Å². The molecular weight excluding hydrogens is 469 g/mol. The summed E-state index contributed by atoms with van der Waals surface area (Å²) in [5.74, 6) is -1.28. The van der Waals surface area contributed by atoms with Gasteiger partial charge in [-0.1, -0.05) is 17.7 Å². The van der Waals surface area contributed by atoms with Crippen molar-refractivity contribution in [3.05, 3.63) is 58.9 Å². The molecule has 4 rings (SSSR count). The Hall–Kier alpha value is -2.49. The summed E-state index contributed by atoms with van der Waals surface area (Å²) in [6.07, 6.45) is 2.72. The third-order valence-electron chi connectivity index (χ3n) is 6.12. The van der Waals surface area contributed by atoms with Crippen molar-refractivity contribution in [3.8, 4) is 0 Å². The second-order valence-corrected chi connectivity index (χ2v) is 10.7. The molecule has 0 spiro atoms. The maximum atomic E-state index is 13.4. The number of anilines is 1. The number of likely N-dealkylation sites (tertiary alicyclic amines) is 1. The molecule has 2 aromatic rings. The van der Waals surface area contributed by atoms with Crippen LogP contribution >= 0.6 is 11.6 Å². The fourth-order valence-corrected chi connectivity index (χ4v) is 5.96. The van der Waals surface area contributed by atoms with Crippen molar-refractivity contribution in [1.29, 1.82) is 0 Å². The number of sulfonamides is 1. The first-order valence-corrected chi connectivity index (χ1v) is 12.7. The largest absolute Gasteiger partial charge is 0.339 e. The van der Waals surface area contributed by atoms with E-state index in [-0.39, 0.29) is 40.7 Å². The number of nitrogens with one attached hydrogen (secondary N) is 1. The molecule has 2 aliphatic heterocycles. The van der Waals surface area contributed by atoms with Crippen LogP contribution in [0.2, 0.25) is 5.02 Å². The van der Waals surface area contributed by atoms with Gasteiger partial charge in [-0.15, -0.1) is 0 Å². The lowest BCUT2D eigenvalue weighted by Gasteiger charge is -2.30. The van der Waals surface area contributed by atoms with Gasteiger partial charge >= 0.3 is 0 Å². The Bertz CT molecular complexity index is 1160. The highest BCUT2D eigenvalue weighted by Crippen LogP contribution is 2.27. The number of carbonyl (C=O) groups is 2. The molecule has 176 valence electrons. The minimum absolute atomic E-state index is 0.0389. The van der Waals surface area contributed by atoms with Crippen LogP contribution in [0.15, 0.2) is 47.4 Å². The topological polar surface area (TPSA) is 86.8 Å². The zero-order valence-electron chi connectivity index (χ0n) is 18.0. The molecule has 2 aromatic carbocycles. The maximum absolute atomic E-state index is 13.4. The predicted octanol–water partition coefficient (Wildman–Crippen LogP) is 3.75. The van der Waals surface area contributed by atoms with Crippen LogP contribution in [0.5, 0.6) is 0 Å². The molecule has 33 heavy (non-hydrogen) atoms. The first-order valence-electron chi connectivity index (χ1n) is 10.9. The molecule has 0 aliphatic carbocycles. The third kappa shape index (κ3) is 5.20. The van der Waals surface area contributed by atoms with Gasteiger partial charge in [-0.25, -0.2) is 12.8 Å². The molecule has 2 heterocycles. The van der Waals surface area contributed by atoms with Crippen LogP contribution in [0.25, 0.3) is 0 Å². The van der Waals surface area contributed by atoms with Gasteiger partial charge in [0.05, 0.1) is 9.92 Å². The standard InChI is InChI=1S/C23H25ClFN3O4S/c24-20-15-19(6-7-21(20)25)33(31,32)28-12-8-16(9-13-28)22(29)26-18-5-3-4-17(14-18)23(30)27-10-1-2-11-27/h3-7,14-16H,1-2,8-13H2,(H,26,29). The van der Waals surface area contributed by atoms with Gasteiger partial charge in [0.1, 0.15) is 5.82 Å². The van der Waals surface area contributed by atoms with Gasteiger partial charge in [-0.3, -0.25) is 9.59 Å². The molecule has 0 saturated carbocycles. The second kappa shape index (κ2) is 9.79. The van der Waals surface area contributed by atoms with Crippen LogP contribution in [0, 0.1) is 11.7 Å². The minimum atomic E-state index is -3.82. The van der Waals surface area contributed by atoms with Crippen LogP contribution in [0.3, 0.4) is 0 Å². The molecule has 0 unspecified atom stereocenters. The monoisotopic (exact) mass is 493 g/mol. The summed E-state index contributed by atoms with van der Waals surface area (Å²) in [4.78, 5) is 27.1. The summed E-state index contributed by atoms with van der Waals surface area (Å²) in [6, 6.07) is 10.2. The Morgan fingerprint density at radius 3 is 2.36 bits per heavy atom. The molecule has 10 heteroatoms. The smallest absolute Gasteiger partial charge is 0.253 e. The molecule has 0 aromatic heterocycles. The SMILES string of the molecule is O=C(Nc1cccc(C(=O)N2CCCC2)c1)C1CCN(S(=O)(=O)c2ccc(F)c(Cl)c2)CC1. The number of rotatable bonds is 5. The molecule has 2 amide bonds. The first kappa shape index (κ1) is 23.7. The van der Waals surface area contributed by atoms with Gasteiger partial charge in [-0.2, -0.15) is 4.31 Å². The quantitative estimate of drug-likeness (QED) is 0.687. The van der Waals surface area contributed by atoms with Gasteiger partial charge in [0.15, 0.2) is 0 Å². The predicted molar refractivity (Wildman–Crippen MR) is 123 cm³/mol. The summed E-state index contributed by atoms with van der Waals surface area (Å²) >= 11 is 5.73. The van der Waals surface area contributed by atoms with Gasteiger partial charge in [0.25, 0.3) is 5.91 Å². The zero-order valence-corrected chi connectivity index (χ0v) is 19.5. The van der Waals surface area contributed by atoms with Gasteiger partial charge < -0.3 is 10.2 Å². The van der Waals surface area contributed by atoms with E-state index >= 15 is 0 Å². The van der Waals surface area contributed by atoms with Crippen molar-refractivity contribution in [2.75, 3.05) is 31.5 Å². The van der Waals surface area contributed by atoms with E-state index in [0.717, 1.165) is 38.1 Å². The molecule has 2 fully saturated rings. The molecule has 0 radical (unpaired) electrons. The Labute approximate surface area is 197 Å². The summed E-state index contributed by atoms with van der Waals surface area (Å²) in [5, 5.41) is 2.61. The van der Waals surface area contributed by atoms with Gasteiger partial charge in [0.2, 0.25) is 15.9 Å². The summed E-state index contributed by atoms with van der Waals surface area (Å²) in [5.41, 5.74) is 1.08. The Morgan fingerprint density at radius 2 is 1.70 bits per heavy atom. The molecule has 2 aliphatic rings. The molecule has 7 nitrogen and oxygen atoms in total. The third-order valence-corrected chi connectivity index (χ3v) is 8.31. The van der Waals surface area contributed by atoms with E-state index in [1.807, 2.05) is 4.90 Å². The Balaban J connectivity index is 1.36. The molecule has 0 bridgehead atoms. The van der Waals surface area contributed by atoms with E-state index in [9.17, 15) is 22.4 Å². The average Bonchev–Trinajstić information content (AvgIpc) is 3.35. The summed E-state index contributed by atoms with van der Waals surface area (Å²) < 4.78 is 40.4. The van der Waals surface area contributed by atoms with Crippen molar-refractivity contribution in [2.24, 2.45) is 5.92 Å². The first-order chi connectivity index (χ1) is 15.8. The number of halogens is 2. The van der Waals surface area contributed by atoms with Crippen LogP contribution < -0.4 is 5.32 Å². The van der Waals surface area contributed by atoms with Crippen LogP contribution in [-0.4, -0.2) is 55.6 Å². The maximum Gasteiger partial charge on any atom is 0.253 e. The fraction of sp³-hybridized carbons (Fsp3) is 0.391. The number of hydrogen-bond acceptors (Lipinski definition) is 4. The highest BCUT2D eigenvalue weighted by molar-refractivity contribution is 7.89. The van der Waals surface area contributed by atoms with Crippen molar-refractivity contribution in [2.45, 2.75) is 30.6 Å². The number of nitrogens with zero attached hydrogens (tertiary/aromatic N) is 2. The number of amides is 2. The lowest BCUT2D eigenvalue weighted by Crippen LogP contribution is -2.41. The molecule has 1 N–H and O–H groups in total. The van der Waals surface area contributed by atoms with E-state index in [4.69, 9.17) is 11.6 Å². The van der Waals surface area contributed by atoms with Crippen molar-refractivity contribution < 1.29 is 22.4 Å². The normalized spacial score (nSPS) is 17.8. The van der Waals surface area contributed by atoms with Crippen LogP contribution in [0.4, 0.5) is 10.1 Å². The molecular formula is C23H25ClFN3O4S. The Kier molecular flexibility index (Phi) is 7.02. The number of hydrogen-bond donors (Lipinski definition) is 1. The van der Waals surface area contributed by atoms with E-state index < -0.39 is 15.8 Å². The highest BCUT2D eigenvalue weighted by atomic mass is 35.5. The summed E-state index contributed by atoms with van der Waals surface area (Å²) in [6.45, 7) is 1.84. The lowest BCUT2D eigenvalue weighted by atomic mass is 9.97. The van der Waals surface area contributed by atoms with Crippen molar-refractivity contribution >= 4 is 39.1 Å². The van der Waals surface area contributed by atoms with Gasteiger partial charge in [-0.05, 0) is 62.1 Å². The van der Waals surface area contributed by atoms with Crippen LogP contribution in [-0.2, 0) is 14.8 Å². The number of carbonyl (C=O) groups excluding carboxylic acids is 2.